The van der Waals surface area contributed by atoms with Crippen LogP contribution in [-0.4, -0.2) is 133 Å². The van der Waals surface area contributed by atoms with Crippen LogP contribution in [0.3, 0.4) is 0 Å². The lowest BCUT2D eigenvalue weighted by atomic mass is 9.71. The molecule has 4 aliphatic heterocycles. The predicted molar refractivity (Wildman–Crippen MR) is 229 cm³/mol. The number of pyridine rings is 1. The average molecular weight is 872 g/mol. The first-order valence-corrected chi connectivity index (χ1v) is 21.8. The monoisotopic (exact) mass is 871 g/mol. The van der Waals surface area contributed by atoms with E-state index < -0.39 is 83.9 Å². The maximum absolute atomic E-state index is 14.3. The lowest BCUT2D eigenvalue weighted by Crippen LogP contribution is -2.60. The Bertz CT molecular complexity index is 1810. The molecule has 4 N–H and O–H groups in total. The summed E-state index contributed by atoms with van der Waals surface area (Å²) in [7, 11) is 3.82. The molecule has 0 radical (unpaired) electrons. The van der Waals surface area contributed by atoms with E-state index in [4.69, 9.17) is 33.2 Å². The fraction of sp³-hybridized carbons (Fsp3) is 0.711. The molecule has 5 heterocycles. The van der Waals surface area contributed by atoms with Crippen molar-refractivity contribution < 1.29 is 57.4 Å². The summed E-state index contributed by atoms with van der Waals surface area (Å²) in [5, 5.41) is 20.1. The maximum atomic E-state index is 14.3. The van der Waals surface area contributed by atoms with E-state index in [0.717, 1.165) is 5.57 Å². The van der Waals surface area contributed by atoms with Crippen molar-refractivity contribution in [3.63, 3.8) is 0 Å². The highest BCUT2D eigenvalue weighted by molar-refractivity contribution is 5.87. The molecule has 4 aliphatic rings. The first-order chi connectivity index (χ1) is 29.2. The zero-order valence-electron chi connectivity index (χ0n) is 38.2. The number of aromatic nitrogens is 1. The lowest BCUT2D eigenvalue weighted by molar-refractivity contribution is -0.302. The van der Waals surface area contributed by atoms with Crippen LogP contribution < -0.4 is 16.0 Å². The molecule has 2 bridgehead atoms. The van der Waals surface area contributed by atoms with Gasteiger partial charge in [0.25, 0.3) is 0 Å². The Morgan fingerprint density at radius 3 is 2.53 bits per heavy atom. The first-order valence-electron chi connectivity index (χ1n) is 21.8. The number of carbonyl (C=O) groups is 4. The van der Waals surface area contributed by atoms with E-state index in [2.05, 4.69) is 27.5 Å². The lowest BCUT2D eigenvalue weighted by Gasteiger charge is -2.49. The number of aliphatic hydroxyl groups is 1. The van der Waals surface area contributed by atoms with Crippen LogP contribution in [-0.2, 0) is 49.3 Å². The minimum atomic E-state index is -1.29. The molecule has 17 heteroatoms. The molecule has 3 unspecified atom stereocenters. The predicted octanol–water partition coefficient (Wildman–Crippen LogP) is 4.87. The second-order valence-electron chi connectivity index (χ2n) is 18.2. The molecule has 3 amide bonds. The number of hydrogen-bond acceptors (Lipinski definition) is 14. The van der Waals surface area contributed by atoms with Gasteiger partial charge in [0.15, 0.2) is 11.9 Å². The van der Waals surface area contributed by atoms with Crippen LogP contribution in [0.15, 0.2) is 42.1 Å². The molecular formula is C45H69N5O12. The Hall–Kier alpha value is -4.13. The molecule has 4 fully saturated rings. The van der Waals surface area contributed by atoms with Crippen molar-refractivity contribution in [2.45, 2.75) is 148 Å². The summed E-state index contributed by atoms with van der Waals surface area (Å²) < 4.78 is 44.8. The van der Waals surface area contributed by atoms with Crippen molar-refractivity contribution in [2.24, 2.45) is 23.7 Å². The number of nitrogens with zero attached hydrogens (tertiary/aromatic N) is 2. The van der Waals surface area contributed by atoms with Crippen molar-refractivity contribution in [2.75, 3.05) is 39.2 Å². The molecule has 1 aromatic rings. The third-order valence-corrected chi connectivity index (χ3v) is 13.0. The Balaban J connectivity index is 1.55. The summed E-state index contributed by atoms with van der Waals surface area (Å²) in [4.78, 5) is 58.2. The Morgan fingerprint density at radius 1 is 1.13 bits per heavy atom. The maximum Gasteiger partial charge on any atom is 0.408 e. The molecule has 14 atom stereocenters. The van der Waals surface area contributed by atoms with Gasteiger partial charge in [0.05, 0.1) is 49.1 Å². The topological polar surface area (TPSA) is 205 Å². The number of cyclic esters (lactones) is 1. The van der Waals surface area contributed by atoms with Gasteiger partial charge in [-0.05, 0) is 96.3 Å². The third kappa shape index (κ3) is 11.3. The molecule has 0 spiro atoms. The van der Waals surface area contributed by atoms with Gasteiger partial charge in [-0.3, -0.25) is 9.59 Å². The van der Waals surface area contributed by atoms with Crippen molar-refractivity contribution in [1.29, 1.82) is 0 Å². The highest BCUT2D eigenvalue weighted by Crippen LogP contribution is 2.44. The molecular weight excluding hydrogens is 803 g/mol. The van der Waals surface area contributed by atoms with E-state index in [1.807, 2.05) is 66.6 Å². The zero-order valence-corrected chi connectivity index (χ0v) is 38.2. The van der Waals surface area contributed by atoms with Crippen LogP contribution >= 0.6 is 0 Å². The van der Waals surface area contributed by atoms with Crippen molar-refractivity contribution in [3.05, 3.63) is 47.7 Å². The molecule has 17 nitrogen and oxygen atoms in total. The zero-order chi connectivity index (χ0) is 45.7. The summed E-state index contributed by atoms with van der Waals surface area (Å²) >= 11 is 0. The summed E-state index contributed by atoms with van der Waals surface area (Å²) in [6.07, 6.45) is -1.36. The van der Waals surface area contributed by atoms with Gasteiger partial charge in [0.2, 0.25) is 5.91 Å². The fourth-order valence-corrected chi connectivity index (χ4v) is 9.79. The second-order valence-corrected chi connectivity index (χ2v) is 18.2. The molecule has 346 valence electrons. The van der Waals surface area contributed by atoms with Gasteiger partial charge in [0, 0.05) is 37.5 Å². The summed E-state index contributed by atoms with van der Waals surface area (Å²) in [5.41, 5.74) is -0.230. The van der Waals surface area contributed by atoms with Gasteiger partial charge in [-0.2, -0.15) is 0 Å². The summed E-state index contributed by atoms with van der Waals surface area (Å²) in [5.74, 6) is -2.55. The second kappa shape index (κ2) is 20.6. The molecule has 0 aliphatic carbocycles. The van der Waals surface area contributed by atoms with E-state index >= 15 is 0 Å². The van der Waals surface area contributed by atoms with Crippen LogP contribution in [0.2, 0.25) is 0 Å². The van der Waals surface area contributed by atoms with E-state index in [0.29, 0.717) is 36.2 Å². The first kappa shape index (κ1) is 48.9. The number of likely N-dealkylation sites (N-methyl/N-ethyl adjacent to an activating group) is 1. The Kier molecular flexibility index (Phi) is 16.2. The number of nitrogens with one attached hydrogen (secondary N) is 3. The molecule has 62 heavy (non-hydrogen) atoms. The summed E-state index contributed by atoms with van der Waals surface area (Å²) in [6.45, 7) is 21.1. The molecule has 5 rings (SSSR count). The molecule has 4 saturated heterocycles. The van der Waals surface area contributed by atoms with Crippen LogP contribution in [0.1, 0.15) is 87.1 Å². The number of carbonyl (C=O) groups excluding carboxylic acids is 4. The number of aliphatic hydroxyl groups excluding tert-OH is 1. The third-order valence-electron chi connectivity index (χ3n) is 13.0. The van der Waals surface area contributed by atoms with Crippen LogP contribution in [0.5, 0.6) is 0 Å². The van der Waals surface area contributed by atoms with Gasteiger partial charge in [-0.25, -0.2) is 14.6 Å². The van der Waals surface area contributed by atoms with Crippen molar-refractivity contribution >= 4 is 29.9 Å². The van der Waals surface area contributed by atoms with E-state index in [9.17, 15) is 24.3 Å². The molecule has 0 saturated carbocycles. The van der Waals surface area contributed by atoms with Gasteiger partial charge in [-0.1, -0.05) is 39.8 Å². The van der Waals surface area contributed by atoms with Crippen LogP contribution in [0.25, 0.3) is 0 Å². The van der Waals surface area contributed by atoms with Gasteiger partial charge in [-0.15, -0.1) is 0 Å². The summed E-state index contributed by atoms with van der Waals surface area (Å²) in [6, 6.07) is 2.45. The number of hydrogen-bond donors (Lipinski definition) is 4. The number of ether oxygens (including phenoxy) is 7. The normalized spacial score (nSPS) is 37.8. The van der Waals surface area contributed by atoms with Crippen LogP contribution in [0.4, 0.5) is 15.4 Å². The standard InChI is InChI=1S/C45H69N5O12/c1-13-34-45(10)38(49-43(55)62-45)27(5)32(15-17-56-42(54)47-21-31-14-16-46-35(19-31)48-30(8)51)25(3)20-44(9)39(61-41-36(52)33(50(11)12)18-26(4)59-41)28(6)37(29(7)40(53)60-34)57-22-24(2)23-58-44/h14-16,19,25-29,33-34,36-39,41,52H,2,13,17-18,20-23H2,1,3-12H3,(H,47,54)(H,49,55)(H,46,48,51)/b32-15+/t25-,26-,27+,28+,29-,33+,34-,36-,37?,38?,39-,41?,44-,45-/m1/s1. The number of rotatable bonds is 9. The smallest absolute Gasteiger partial charge is 0.408 e. The van der Waals surface area contributed by atoms with E-state index in [-0.39, 0.29) is 50.3 Å². The highest BCUT2D eigenvalue weighted by atomic mass is 16.7. The number of esters is 1. The van der Waals surface area contributed by atoms with Gasteiger partial charge >= 0.3 is 18.2 Å². The Labute approximate surface area is 365 Å². The Morgan fingerprint density at radius 2 is 1.85 bits per heavy atom. The number of anilines is 1. The number of fused-ring (bicyclic) bond motifs is 4. The van der Waals surface area contributed by atoms with E-state index in [1.165, 1.54) is 13.1 Å². The van der Waals surface area contributed by atoms with Crippen molar-refractivity contribution in [1.82, 2.24) is 20.5 Å². The average Bonchev–Trinajstić information content (AvgIpc) is 3.54. The van der Waals surface area contributed by atoms with Crippen molar-refractivity contribution in [3.8, 4) is 0 Å². The fourth-order valence-electron chi connectivity index (χ4n) is 9.79. The number of alkyl carbamates (subject to hydrolysis) is 2. The largest absolute Gasteiger partial charge is 0.458 e. The minimum Gasteiger partial charge on any atom is -0.458 e. The molecule has 0 aromatic carbocycles. The van der Waals surface area contributed by atoms with Gasteiger partial charge in [0.1, 0.15) is 24.6 Å². The number of amides is 3. The van der Waals surface area contributed by atoms with Crippen LogP contribution in [0, 0.1) is 23.7 Å². The quantitative estimate of drug-likeness (QED) is 0.149. The molecule has 1 aromatic heterocycles. The van der Waals surface area contributed by atoms with E-state index in [1.54, 1.807) is 26.0 Å². The van der Waals surface area contributed by atoms with Gasteiger partial charge < -0.3 is 59.1 Å². The SMILES string of the molecule is C=C1COC2[C@@H](C)C(=O)O[C@H](CC)[C@@]3(C)OC(=O)NC3[C@@H](C)/C(=C/COC(=O)NCc3ccnc(NC(C)=O)c3)[C@H](C)C[C@@](C)(OC1)[C@H](OC1O[C@H](C)C[C@H](N(C)C)[C@H]1O)[C@H]2C. The highest BCUT2D eigenvalue weighted by Gasteiger charge is 2.57. The minimum absolute atomic E-state index is 0.116.